The van der Waals surface area contributed by atoms with E-state index in [2.05, 4.69) is 40.0 Å². The molecular formula is C41H59N7O8. The summed E-state index contributed by atoms with van der Waals surface area (Å²) in [5.74, 6) is -1.52. The Morgan fingerprint density at radius 1 is 0.625 bits per heavy atom. The molecule has 4 atom stereocenters. The second kappa shape index (κ2) is 20.1. The van der Waals surface area contributed by atoms with E-state index in [4.69, 9.17) is 9.47 Å². The first-order chi connectivity index (χ1) is 26.6. The summed E-state index contributed by atoms with van der Waals surface area (Å²) in [5, 5.41) is 11.1. The summed E-state index contributed by atoms with van der Waals surface area (Å²) in [6.45, 7) is 13.8. The number of likely N-dealkylation sites (tertiary alicyclic amines) is 2. The molecule has 56 heavy (non-hydrogen) atoms. The molecule has 0 aromatic heterocycles. The second-order valence-corrected chi connectivity index (χ2v) is 15.5. The van der Waals surface area contributed by atoms with Gasteiger partial charge >= 0.3 is 12.2 Å². The summed E-state index contributed by atoms with van der Waals surface area (Å²) in [6, 6.07) is 12.7. The molecule has 0 bridgehead atoms. The number of amides is 6. The molecule has 306 valence electrons. The predicted molar refractivity (Wildman–Crippen MR) is 212 cm³/mol. The van der Waals surface area contributed by atoms with Gasteiger partial charge in [0.05, 0.1) is 14.2 Å². The van der Waals surface area contributed by atoms with Crippen LogP contribution < -0.4 is 21.3 Å². The Morgan fingerprint density at radius 3 is 1.29 bits per heavy atom. The monoisotopic (exact) mass is 777 g/mol. The molecule has 2 aliphatic heterocycles. The fourth-order valence-electron chi connectivity index (χ4n) is 7.09. The lowest BCUT2D eigenvalue weighted by molar-refractivity contribution is -0.139. The molecule has 0 saturated carbocycles. The molecule has 4 rings (SSSR count). The van der Waals surface area contributed by atoms with Crippen LogP contribution in [0.4, 0.5) is 21.0 Å². The lowest BCUT2D eigenvalue weighted by Crippen LogP contribution is -2.54. The van der Waals surface area contributed by atoms with Crippen molar-refractivity contribution in [3.05, 3.63) is 59.7 Å². The molecule has 15 nitrogen and oxygen atoms in total. The molecule has 2 aliphatic rings. The molecule has 0 spiro atoms. The van der Waals surface area contributed by atoms with Crippen LogP contribution in [0.15, 0.2) is 48.5 Å². The smallest absolute Gasteiger partial charge is 0.407 e. The maximum Gasteiger partial charge on any atom is 0.407 e. The third-order valence-corrected chi connectivity index (χ3v) is 10.4. The van der Waals surface area contributed by atoms with Gasteiger partial charge in [0.15, 0.2) is 0 Å². The van der Waals surface area contributed by atoms with Crippen molar-refractivity contribution >= 4 is 47.2 Å². The molecule has 6 amide bonds. The average Bonchev–Trinajstić information content (AvgIpc) is 3.87. The minimum absolute atomic E-state index is 0.187. The highest BCUT2D eigenvalue weighted by Gasteiger charge is 2.40. The number of ether oxygens (including phenoxy) is 2. The van der Waals surface area contributed by atoms with E-state index in [-0.39, 0.29) is 41.5 Å². The summed E-state index contributed by atoms with van der Waals surface area (Å²) >= 11 is 0. The number of nitrogens with zero attached hydrogens (tertiary/aromatic N) is 3. The van der Waals surface area contributed by atoms with Crippen LogP contribution in [0.25, 0.3) is 0 Å². The van der Waals surface area contributed by atoms with Gasteiger partial charge in [-0.1, -0.05) is 52.0 Å². The third-order valence-electron chi connectivity index (χ3n) is 10.4. The lowest BCUT2D eigenvalue weighted by atomic mass is 10.0. The first kappa shape index (κ1) is 43.5. The fraction of sp³-hybridized carbons (Fsp3) is 0.561. The van der Waals surface area contributed by atoms with Gasteiger partial charge in [0.1, 0.15) is 24.2 Å². The van der Waals surface area contributed by atoms with Gasteiger partial charge in [-0.2, -0.15) is 0 Å². The van der Waals surface area contributed by atoms with E-state index >= 15 is 0 Å². The predicted octanol–water partition coefficient (Wildman–Crippen LogP) is 4.72. The average molecular weight is 778 g/mol. The van der Waals surface area contributed by atoms with Gasteiger partial charge in [-0.25, -0.2) is 9.59 Å². The van der Waals surface area contributed by atoms with Crippen LogP contribution in [0.2, 0.25) is 0 Å². The SMILES string of the molecule is COC(=O)NC(C(=O)N1CCCC1C(=O)Nc1ccc(CN(Cc2ccc(NC(=O)C3CCCN3C(=O)C(NC(=O)OC)C(C)C)cc2)C(C)C)cc1)C(C)C. The lowest BCUT2D eigenvalue weighted by Gasteiger charge is -2.30. The Balaban J connectivity index is 1.32. The van der Waals surface area contributed by atoms with Gasteiger partial charge in [0.2, 0.25) is 23.6 Å². The van der Waals surface area contributed by atoms with Crippen LogP contribution in [0.3, 0.4) is 0 Å². The first-order valence-electron chi connectivity index (χ1n) is 19.5. The van der Waals surface area contributed by atoms with E-state index in [1.165, 1.54) is 14.2 Å². The molecule has 2 saturated heterocycles. The van der Waals surface area contributed by atoms with Crippen molar-refractivity contribution in [2.45, 2.75) is 111 Å². The van der Waals surface area contributed by atoms with Crippen LogP contribution in [0, 0.1) is 11.8 Å². The summed E-state index contributed by atoms with van der Waals surface area (Å²) in [5.41, 5.74) is 3.37. The Bertz CT molecular complexity index is 1560. The van der Waals surface area contributed by atoms with Crippen molar-refractivity contribution in [3.63, 3.8) is 0 Å². The van der Waals surface area contributed by atoms with Crippen LogP contribution in [0.5, 0.6) is 0 Å². The zero-order chi connectivity index (χ0) is 41.1. The van der Waals surface area contributed by atoms with E-state index in [0.29, 0.717) is 63.2 Å². The quantitative estimate of drug-likeness (QED) is 0.199. The van der Waals surface area contributed by atoms with Crippen LogP contribution in [0.1, 0.15) is 78.4 Å². The standard InChI is InChI=1S/C41H59N7O8/c1-25(2)34(44-40(53)55-7)38(51)47-21-9-11-32(47)36(49)42-30-17-13-28(14-18-30)23-46(27(5)6)24-29-15-19-31(20-16-29)43-37(50)33-12-10-22-48(33)39(52)35(26(3)4)45-41(54)56-8/h13-20,25-27,32-35H,9-12,21-24H2,1-8H3,(H,42,49)(H,43,50)(H,44,53)(H,45,54). The number of benzene rings is 2. The van der Waals surface area contributed by atoms with Gasteiger partial charge in [-0.05, 0) is 86.8 Å². The number of methoxy groups -OCH3 is 2. The molecule has 2 fully saturated rings. The highest BCUT2D eigenvalue weighted by molar-refractivity contribution is 5.99. The van der Waals surface area contributed by atoms with Gasteiger partial charge in [-0.15, -0.1) is 0 Å². The number of rotatable bonds is 15. The van der Waals surface area contributed by atoms with E-state index in [9.17, 15) is 28.8 Å². The molecule has 4 unspecified atom stereocenters. The van der Waals surface area contributed by atoms with E-state index in [1.54, 1.807) is 9.80 Å². The molecule has 2 heterocycles. The minimum atomic E-state index is -0.799. The Morgan fingerprint density at radius 2 is 0.982 bits per heavy atom. The summed E-state index contributed by atoms with van der Waals surface area (Å²) < 4.78 is 9.39. The fourth-order valence-corrected chi connectivity index (χ4v) is 7.09. The summed E-state index contributed by atoms with van der Waals surface area (Å²) in [7, 11) is 2.49. The number of anilines is 2. The van der Waals surface area contributed by atoms with Crippen molar-refractivity contribution in [1.29, 1.82) is 0 Å². The molecule has 0 aliphatic carbocycles. The topological polar surface area (TPSA) is 179 Å². The molecule has 2 aromatic carbocycles. The van der Waals surface area contributed by atoms with Crippen molar-refractivity contribution in [1.82, 2.24) is 25.3 Å². The highest BCUT2D eigenvalue weighted by atomic mass is 16.5. The summed E-state index contributed by atoms with van der Waals surface area (Å²) in [4.78, 5) is 82.6. The third kappa shape index (κ3) is 11.4. The van der Waals surface area contributed by atoms with E-state index < -0.39 is 36.4 Å². The van der Waals surface area contributed by atoms with Gasteiger partial charge in [-0.3, -0.25) is 24.1 Å². The maximum atomic E-state index is 13.4. The van der Waals surface area contributed by atoms with Crippen molar-refractivity contribution in [3.8, 4) is 0 Å². The van der Waals surface area contributed by atoms with Gasteiger partial charge in [0, 0.05) is 43.6 Å². The Hall–Kier alpha value is -5.18. The molecule has 0 radical (unpaired) electrons. The Kier molecular flexibility index (Phi) is 15.6. The summed E-state index contributed by atoms with van der Waals surface area (Å²) in [6.07, 6.45) is 1.06. The van der Waals surface area contributed by atoms with Crippen molar-refractivity contribution < 1.29 is 38.2 Å². The number of carbonyl (C=O) groups excluding carboxylic acids is 6. The number of hydrogen-bond acceptors (Lipinski definition) is 9. The maximum absolute atomic E-state index is 13.4. The molecule has 15 heteroatoms. The van der Waals surface area contributed by atoms with E-state index in [1.807, 2.05) is 76.2 Å². The first-order valence-corrected chi connectivity index (χ1v) is 19.5. The van der Waals surface area contributed by atoms with Crippen molar-refractivity contribution in [2.75, 3.05) is 37.9 Å². The van der Waals surface area contributed by atoms with Gasteiger partial charge < -0.3 is 40.5 Å². The molecular weight excluding hydrogens is 718 g/mol. The van der Waals surface area contributed by atoms with Crippen LogP contribution in [-0.4, -0.2) is 108 Å². The second-order valence-electron chi connectivity index (χ2n) is 15.5. The molecule has 4 N–H and O–H groups in total. The number of alkyl carbamates (subject to hydrolysis) is 2. The Labute approximate surface area is 330 Å². The number of carbonyl (C=O) groups is 6. The zero-order valence-corrected chi connectivity index (χ0v) is 33.9. The van der Waals surface area contributed by atoms with Gasteiger partial charge in [0.25, 0.3) is 0 Å². The largest absolute Gasteiger partial charge is 0.453 e. The van der Waals surface area contributed by atoms with E-state index in [0.717, 1.165) is 11.1 Å². The zero-order valence-electron chi connectivity index (χ0n) is 33.9. The molecule has 2 aromatic rings. The van der Waals surface area contributed by atoms with Crippen LogP contribution in [-0.2, 0) is 41.7 Å². The number of hydrogen-bond donors (Lipinski definition) is 4. The number of nitrogens with one attached hydrogen (secondary N) is 4. The minimum Gasteiger partial charge on any atom is -0.453 e. The highest BCUT2D eigenvalue weighted by Crippen LogP contribution is 2.25. The van der Waals surface area contributed by atoms with Crippen molar-refractivity contribution in [2.24, 2.45) is 11.8 Å². The van der Waals surface area contributed by atoms with Crippen LogP contribution >= 0.6 is 0 Å². The normalized spacial score (nSPS) is 17.9.